The number of nitrogens with zero attached hydrogens (tertiary/aromatic N) is 1. The maximum atomic E-state index is 10.3. The van der Waals surface area contributed by atoms with E-state index in [0.717, 1.165) is 31.1 Å². The number of hydrogen-bond acceptors (Lipinski definition) is 2. The van der Waals surface area contributed by atoms with Crippen LogP contribution in [0.4, 0.5) is 0 Å². The molecule has 0 amide bonds. The summed E-state index contributed by atoms with van der Waals surface area (Å²) < 4.78 is 0. The number of aryl methyl sites for hydroxylation is 1. The van der Waals surface area contributed by atoms with Crippen LogP contribution >= 0.6 is 0 Å². The Hall–Kier alpha value is -0.860. The van der Waals surface area contributed by atoms with Gasteiger partial charge in [-0.2, -0.15) is 0 Å². The zero-order valence-corrected chi connectivity index (χ0v) is 12.3. The first kappa shape index (κ1) is 14.5. The van der Waals surface area contributed by atoms with E-state index in [9.17, 15) is 5.11 Å². The quantitative estimate of drug-likeness (QED) is 0.844. The van der Waals surface area contributed by atoms with E-state index in [1.54, 1.807) is 0 Å². The van der Waals surface area contributed by atoms with Crippen molar-refractivity contribution in [1.29, 1.82) is 0 Å². The fraction of sp³-hybridized carbons (Fsp3) is 0.647. The standard InChI is InChI=1S/C17H27NO/c1-3-18(16-6-4-5-7-16)13-12-17(19)15-10-8-14(2)9-11-15/h8-11,16-17,19H,3-7,12-13H2,1-2H3. The summed E-state index contributed by atoms with van der Waals surface area (Å²) >= 11 is 0. The van der Waals surface area contributed by atoms with Gasteiger partial charge in [-0.1, -0.05) is 49.6 Å². The summed E-state index contributed by atoms with van der Waals surface area (Å²) in [6, 6.07) is 9.01. The lowest BCUT2D eigenvalue weighted by Crippen LogP contribution is -2.34. The maximum Gasteiger partial charge on any atom is 0.0802 e. The highest BCUT2D eigenvalue weighted by molar-refractivity contribution is 5.23. The van der Waals surface area contributed by atoms with Crippen molar-refractivity contribution in [2.75, 3.05) is 13.1 Å². The topological polar surface area (TPSA) is 23.5 Å². The van der Waals surface area contributed by atoms with Gasteiger partial charge in [0.1, 0.15) is 0 Å². The predicted molar refractivity (Wildman–Crippen MR) is 80.3 cm³/mol. The smallest absolute Gasteiger partial charge is 0.0802 e. The van der Waals surface area contributed by atoms with Gasteiger partial charge < -0.3 is 10.0 Å². The van der Waals surface area contributed by atoms with Gasteiger partial charge in [0, 0.05) is 12.6 Å². The van der Waals surface area contributed by atoms with Crippen LogP contribution in [0, 0.1) is 6.92 Å². The lowest BCUT2D eigenvalue weighted by Gasteiger charge is -2.28. The Morgan fingerprint density at radius 3 is 2.42 bits per heavy atom. The molecule has 1 aliphatic rings. The molecule has 0 spiro atoms. The third kappa shape index (κ3) is 4.05. The summed E-state index contributed by atoms with van der Waals surface area (Å²) in [5.74, 6) is 0. The minimum Gasteiger partial charge on any atom is -0.388 e. The van der Waals surface area contributed by atoms with Crippen molar-refractivity contribution >= 4 is 0 Å². The van der Waals surface area contributed by atoms with E-state index >= 15 is 0 Å². The molecule has 0 aliphatic heterocycles. The fourth-order valence-corrected chi connectivity index (χ4v) is 3.11. The molecule has 1 aromatic rings. The normalized spacial score (nSPS) is 18.1. The van der Waals surface area contributed by atoms with Gasteiger partial charge >= 0.3 is 0 Å². The Morgan fingerprint density at radius 2 is 1.84 bits per heavy atom. The van der Waals surface area contributed by atoms with Gasteiger partial charge in [0.2, 0.25) is 0 Å². The fourth-order valence-electron chi connectivity index (χ4n) is 3.11. The lowest BCUT2D eigenvalue weighted by molar-refractivity contribution is 0.127. The van der Waals surface area contributed by atoms with E-state index in [0.29, 0.717) is 0 Å². The highest BCUT2D eigenvalue weighted by atomic mass is 16.3. The van der Waals surface area contributed by atoms with Crippen LogP contribution in [0.25, 0.3) is 0 Å². The van der Waals surface area contributed by atoms with Crippen LogP contribution in [-0.2, 0) is 0 Å². The molecule has 2 heteroatoms. The SMILES string of the molecule is CCN(CCC(O)c1ccc(C)cc1)C1CCCC1. The Morgan fingerprint density at radius 1 is 1.21 bits per heavy atom. The average molecular weight is 261 g/mol. The number of hydrogen-bond donors (Lipinski definition) is 1. The van der Waals surface area contributed by atoms with Crippen molar-refractivity contribution < 1.29 is 5.11 Å². The van der Waals surface area contributed by atoms with E-state index in [1.165, 1.54) is 31.2 Å². The molecule has 0 saturated heterocycles. The van der Waals surface area contributed by atoms with Crippen molar-refractivity contribution in [3.05, 3.63) is 35.4 Å². The largest absolute Gasteiger partial charge is 0.388 e. The minimum absolute atomic E-state index is 0.323. The van der Waals surface area contributed by atoms with Crippen molar-refractivity contribution in [1.82, 2.24) is 4.90 Å². The van der Waals surface area contributed by atoms with E-state index in [2.05, 4.69) is 30.9 Å². The Labute approximate surface area is 117 Å². The van der Waals surface area contributed by atoms with Crippen molar-refractivity contribution in [3.63, 3.8) is 0 Å². The summed E-state index contributed by atoms with van der Waals surface area (Å²) in [6.07, 6.45) is 5.95. The van der Waals surface area contributed by atoms with Crippen LogP contribution in [-0.4, -0.2) is 29.1 Å². The highest BCUT2D eigenvalue weighted by Gasteiger charge is 2.21. The number of aliphatic hydroxyl groups is 1. The van der Waals surface area contributed by atoms with Crippen LogP contribution in [0.3, 0.4) is 0 Å². The first-order chi connectivity index (χ1) is 9.20. The first-order valence-electron chi connectivity index (χ1n) is 7.69. The van der Waals surface area contributed by atoms with E-state index in [-0.39, 0.29) is 6.10 Å². The van der Waals surface area contributed by atoms with E-state index in [1.807, 2.05) is 12.1 Å². The third-order valence-electron chi connectivity index (χ3n) is 4.40. The summed E-state index contributed by atoms with van der Waals surface area (Å²) in [4.78, 5) is 2.55. The number of benzene rings is 1. The van der Waals surface area contributed by atoms with Gasteiger partial charge in [-0.05, 0) is 38.3 Å². The van der Waals surface area contributed by atoms with Crippen LogP contribution in [0.5, 0.6) is 0 Å². The molecule has 1 aliphatic carbocycles. The van der Waals surface area contributed by atoms with Crippen LogP contribution < -0.4 is 0 Å². The monoisotopic (exact) mass is 261 g/mol. The molecule has 0 heterocycles. The molecule has 1 atom stereocenters. The molecule has 2 nitrogen and oxygen atoms in total. The second kappa shape index (κ2) is 7.06. The van der Waals surface area contributed by atoms with Crippen LogP contribution in [0.2, 0.25) is 0 Å². The second-order valence-corrected chi connectivity index (χ2v) is 5.78. The highest BCUT2D eigenvalue weighted by Crippen LogP contribution is 2.25. The second-order valence-electron chi connectivity index (χ2n) is 5.78. The summed E-state index contributed by atoms with van der Waals surface area (Å²) in [6.45, 7) is 6.42. The molecular weight excluding hydrogens is 234 g/mol. The van der Waals surface area contributed by atoms with Crippen molar-refractivity contribution in [2.45, 2.75) is 58.1 Å². The van der Waals surface area contributed by atoms with Crippen molar-refractivity contribution in [2.24, 2.45) is 0 Å². The average Bonchev–Trinajstić information content (AvgIpc) is 2.94. The minimum atomic E-state index is -0.323. The molecule has 0 radical (unpaired) electrons. The number of aliphatic hydroxyl groups excluding tert-OH is 1. The number of rotatable bonds is 6. The zero-order chi connectivity index (χ0) is 13.7. The molecular formula is C17H27NO. The maximum absolute atomic E-state index is 10.3. The molecule has 1 saturated carbocycles. The van der Waals surface area contributed by atoms with Gasteiger partial charge in [0.25, 0.3) is 0 Å². The first-order valence-corrected chi connectivity index (χ1v) is 7.69. The molecule has 2 rings (SSSR count). The molecule has 0 aromatic heterocycles. The Balaban J connectivity index is 1.84. The Bertz CT molecular complexity index is 367. The third-order valence-corrected chi connectivity index (χ3v) is 4.40. The van der Waals surface area contributed by atoms with Gasteiger partial charge in [-0.3, -0.25) is 0 Å². The molecule has 1 fully saturated rings. The molecule has 1 N–H and O–H groups in total. The summed E-state index contributed by atoms with van der Waals surface area (Å²) in [5.41, 5.74) is 2.30. The van der Waals surface area contributed by atoms with Gasteiger partial charge in [-0.25, -0.2) is 0 Å². The molecule has 0 bridgehead atoms. The molecule has 106 valence electrons. The zero-order valence-electron chi connectivity index (χ0n) is 12.3. The van der Waals surface area contributed by atoms with Gasteiger partial charge in [0.15, 0.2) is 0 Å². The lowest BCUT2D eigenvalue weighted by atomic mass is 10.0. The summed E-state index contributed by atoms with van der Waals surface area (Å²) in [7, 11) is 0. The van der Waals surface area contributed by atoms with Gasteiger partial charge in [0.05, 0.1) is 6.10 Å². The van der Waals surface area contributed by atoms with Crippen LogP contribution in [0.15, 0.2) is 24.3 Å². The van der Waals surface area contributed by atoms with Crippen molar-refractivity contribution in [3.8, 4) is 0 Å². The summed E-state index contributed by atoms with van der Waals surface area (Å²) in [5, 5.41) is 10.3. The Kier molecular flexibility index (Phi) is 5.41. The molecule has 19 heavy (non-hydrogen) atoms. The van der Waals surface area contributed by atoms with Gasteiger partial charge in [-0.15, -0.1) is 0 Å². The molecule has 1 unspecified atom stereocenters. The van der Waals surface area contributed by atoms with Crippen LogP contribution in [0.1, 0.15) is 56.3 Å². The predicted octanol–water partition coefficient (Wildman–Crippen LogP) is 3.68. The molecule has 1 aromatic carbocycles. The van der Waals surface area contributed by atoms with E-state index in [4.69, 9.17) is 0 Å². The van der Waals surface area contributed by atoms with E-state index < -0.39 is 0 Å².